The van der Waals surface area contributed by atoms with Crippen LogP contribution in [-0.4, -0.2) is 43.7 Å². The van der Waals surface area contributed by atoms with Gasteiger partial charge in [-0.05, 0) is 13.5 Å². The van der Waals surface area contributed by atoms with Crippen LogP contribution in [0.5, 0.6) is 0 Å². The van der Waals surface area contributed by atoms with Crippen molar-refractivity contribution in [3.05, 3.63) is 27.2 Å². The van der Waals surface area contributed by atoms with Crippen LogP contribution >= 0.6 is 0 Å². The Morgan fingerprint density at radius 3 is 2.70 bits per heavy atom. The summed E-state index contributed by atoms with van der Waals surface area (Å²) in [5.41, 5.74) is -0.477. The summed E-state index contributed by atoms with van der Waals surface area (Å²) in [5.74, 6) is -0.379. The fourth-order valence-corrected chi connectivity index (χ4v) is 2.42. The predicted molar refractivity (Wildman–Crippen MR) is 86.4 cm³/mol. The van der Waals surface area contributed by atoms with Gasteiger partial charge in [0.05, 0.1) is 6.33 Å². The van der Waals surface area contributed by atoms with Crippen LogP contribution in [0, 0.1) is 0 Å². The molecule has 2 heterocycles. The van der Waals surface area contributed by atoms with E-state index in [1.807, 2.05) is 13.8 Å². The molecular weight excluding hydrogens is 300 g/mol. The van der Waals surface area contributed by atoms with Crippen LogP contribution in [0.15, 0.2) is 15.9 Å². The molecule has 0 fully saturated rings. The summed E-state index contributed by atoms with van der Waals surface area (Å²) >= 11 is 0. The molecule has 0 aliphatic carbocycles. The van der Waals surface area contributed by atoms with Crippen LogP contribution in [0.1, 0.15) is 13.8 Å². The number of rotatable bonds is 6. The molecule has 2 rings (SSSR count). The first-order chi connectivity index (χ1) is 10.9. The topological polar surface area (TPSA) is 103 Å². The lowest BCUT2D eigenvalue weighted by Crippen LogP contribution is -2.45. The molecule has 0 spiro atoms. The molecule has 9 heteroatoms. The average Bonchev–Trinajstić information content (AvgIpc) is 2.89. The summed E-state index contributed by atoms with van der Waals surface area (Å²) < 4.78 is 3.74. The van der Waals surface area contributed by atoms with Crippen LogP contribution in [0.25, 0.3) is 11.2 Å². The van der Waals surface area contributed by atoms with Gasteiger partial charge >= 0.3 is 5.69 Å². The van der Waals surface area contributed by atoms with E-state index in [-0.39, 0.29) is 18.5 Å². The number of likely N-dealkylation sites (N-methyl/N-ethyl adjacent to an activating group) is 1. The molecule has 0 aliphatic rings. The van der Waals surface area contributed by atoms with Gasteiger partial charge in [-0.15, -0.1) is 0 Å². The van der Waals surface area contributed by atoms with E-state index >= 15 is 0 Å². The molecule has 1 atom stereocenters. The van der Waals surface area contributed by atoms with Crippen molar-refractivity contribution < 1.29 is 4.79 Å². The molecule has 2 N–H and O–H groups in total. The second kappa shape index (κ2) is 6.78. The first-order valence-corrected chi connectivity index (χ1v) is 7.47. The molecule has 0 aliphatic heterocycles. The second-order valence-corrected chi connectivity index (χ2v) is 5.52. The van der Waals surface area contributed by atoms with E-state index in [9.17, 15) is 14.4 Å². The lowest BCUT2D eigenvalue weighted by molar-refractivity contribution is -0.121. The second-order valence-electron chi connectivity index (χ2n) is 5.52. The maximum absolute atomic E-state index is 12.5. The van der Waals surface area contributed by atoms with E-state index in [0.29, 0.717) is 17.7 Å². The predicted octanol–water partition coefficient (Wildman–Crippen LogP) is -1.45. The minimum absolute atomic E-state index is 0.114. The van der Waals surface area contributed by atoms with Crippen molar-refractivity contribution in [2.45, 2.75) is 26.4 Å². The number of carbonyl (C=O) groups excluding carboxylic acids is 1. The number of amides is 1. The first kappa shape index (κ1) is 16.9. The minimum atomic E-state index is -0.559. The highest BCUT2D eigenvalue weighted by molar-refractivity contribution is 5.76. The zero-order valence-corrected chi connectivity index (χ0v) is 13.8. The van der Waals surface area contributed by atoms with Gasteiger partial charge in [0.25, 0.3) is 5.56 Å². The molecule has 0 radical (unpaired) electrons. The maximum atomic E-state index is 12.5. The third-order valence-corrected chi connectivity index (χ3v) is 3.66. The summed E-state index contributed by atoms with van der Waals surface area (Å²) in [4.78, 5) is 40.8. The molecular formula is C14H22N6O3. The number of hydrogen-bond acceptors (Lipinski definition) is 5. The minimum Gasteiger partial charge on any atom is -0.353 e. The number of nitrogens with zero attached hydrogens (tertiary/aromatic N) is 4. The largest absolute Gasteiger partial charge is 0.353 e. The van der Waals surface area contributed by atoms with Gasteiger partial charge in [0.15, 0.2) is 11.2 Å². The van der Waals surface area contributed by atoms with Gasteiger partial charge in [-0.25, -0.2) is 14.3 Å². The molecule has 0 unspecified atom stereocenters. The molecule has 1 amide bonds. The summed E-state index contributed by atoms with van der Waals surface area (Å²) in [7, 11) is 3.20. The molecule has 0 bridgehead atoms. The molecule has 0 aromatic carbocycles. The molecule has 0 saturated heterocycles. The van der Waals surface area contributed by atoms with Crippen molar-refractivity contribution >= 4 is 17.1 Å². The zero-order chi connectivity index (χ0) is 17.1. The Labute approximate surface area is 132 Å². The lowest BCUT2D eigenvalue weighted by atomic mass is 10.3. The zero-order valence-electron chi connectivity index (χ0n) is 13.8. The third kappa shape index (κ3) is 3.34. The SMILES string of the molecule is CCN[C@H](C)CNC(=O)Cn1c(=O)c2c(ncn2C)n(C)c1=O. The average molecular weight is 322 g/mol. The number of imidazole rings is 1. The smallest absolute Gasteiger partial charge is 0.332 e. The van der Waals surface area contributed by atoms with Crippen molar-refractivity contribution in [1.29, 1.82) is 0 Å². The Morgan fingerprint density at radius 2 is 2.04 bits per heavy atom. The van der Waals surface area contributed by atoms with E-state index < -0.39 is 11.2 Å². The summed E-state index contributed by atoms with van der Waals surface area (Å²) in [6.07, 6.45) is 1.47. The lowest BCUT2D eigenvalue weighted by Gasteiger charge is -2.14. The van der Waals surface area contributed by atoms with Crippen molar-refractivity contribution in [2.24, 2.45) is 14.1 Å². The third-order valence-electron chi connectivity index (χ3n) is 3.66. The van der Waals surface area contributed by atoms with Gasteiger partial charge in [-0.2, -0.15) is 0 Å². The molecule has 2 aromatic rings. The molecule has 126 valence electrons. The van der Waals surface area contributed by atoms with E-state index in [2.05, 4.69) is 15.6 Å². The standard InChI is InChI=1S/C14H22N6O3/c1-5-15-9(2)6-16-10(21)7-20-13(22)11-12(17-8-18(11)3)19(4)14(20)23/h8-9,15H,5-7H2,1-4H3,(H,16,21)/t9-/m1/s1. The number of nitrogens with one attached hydrogen (secondary N) is 2. The van der Waals surface area contributed by atoms with Crippen LogP contribution in [-0.2, 0) is 25.4 Å². The molecule has 23 heavy (non-hydrogen) atoms. The number of aromatic nitrogens is 4. The van der Waals surface area contributed by atoms with E-state index in [0.717, 1.165) is 11.1 Å². The van der Waals surface area contributed by atoms with Crippen LogP contribution < -0.4 is 21.9 Å². The summed E-state index contributed by atoms with van der Waals surface area (Å²) in [5, 5.41) is 5.88. The number of carbonyl (C=O) groups is 1. The van der Waals surface area contributed by atoms with Gasteiger partial charge in [-0.3, -0.25) is 14.2 Å². The Morgan fingerprint density at radius 1 is 1.35 bits per heavy atom. The van der Waals surface area contributed by atoms with E-state index in [4.69, 9.17) is 0 Å². The van der Waals surface area contributed by atoms with Crippen molar-refractivity contribution in [3.8, 4) is 0 Å². The number of fused-ring (bicyclic) bond motifs is 1. The van der Waals surface area contributed by atoms with Crippen molar-refractivity contribution in [3.63, 3.8) is 0 Å². The Kier molecular flexibility index (Phi) is 4.99. The molecule has 0 saturated carbocycles. The highest BCUT2D eigenvalue weighted by atomic mass is 16.2. The van der Waals surface area contributed by atoms with Crippen LogP contribution in [0.2, 0.25) is 0 Å². The normalized spacial score (nSPS) is 12.5. The fraction of sp³-hybridized carbons (Fsp3) is 0.571. The van der Waals surface area contributed by atoms with Gasteiger partial charge in [0, 0.05) is 26.7 Å². The summed E-state index contributed by atoms with van der Waals surface area (Å²) in [6.45, 7) is 4.83. The Balaban J connectivity index is 2.27. The van der Waals surface area contributed by atoms with Gasteiger partial charge in [0.2, 0.25) is 5.91 Å². The maximum Gasteiger partial charge on any atom is 0.332 e. The Hall–Kier alpha value is -2.42. The van der Waals surface area contributed by atoms with E-state index in [1.54, 1.807) is 11.6 Å². The first-order valence-electron chi connectivity index (χ1n) is 7.47. The summed E-state index contributed by atoms with van der Waals surface area (Å²) in [6, 6.07) is 0.114. The quantitative estimate of drug-likeness (QED) is 0.677. The number of hydrogen-bond donors (Lipinski definition) is 2. The highest BCUT2D eigenvalue weighted by Gasteiger charge is 2.17. The fourth-order valence-electron chi connectivity index (χ4n) is 2.42. The molecule has 9 nitrogen and oxygen atoms in total. The number of aryl methyl sites for hydroxylation is 2. The van der Waals surface area contributed by atoms with Crippen molar-refractivity contribution in [2.75, 3.05) is 13.1 Å². The van der Waals surface area contributed by atoms with Crippen LogP contribution in [0.3, 0.4) is 0 Å². The van der Waals surface area contributed by atoms with Gasteiger partial charge in [-0.1, -0.05) is 6.92 Å². The highest BCUT2D eigenvalue weighted by Crippen LogP contribution is 2.02. The van der Waals surface area contributed by atoms with E-state index in [1.165, 1.54) is 17.9 Å². The van der Waals surface area contributed by atoms with Crippen LogP contribution in [0.4, 0.5) is 0 Å². The Bertz CT molecular complexity index is 831. The van der Waals surface area contributed by atoms with Gasteiger partial charge in [0.1, 0.15) is 6.54 Å². The van der Waals surface area contributed by atoms with Gasteiger partial charge < -0.3 is 15.2 Å². The van der Waals surface area contributed by atoms with Crippen molar-refractivity contribution in [1.82, 2.24) is 29.3 Å². The monoisotopic (exact) mass is 322 g/mol. The molecule has 2 aromatic heterocycles.